The highest BCUT2D eigenvalue weighted by Gasteiger charge is 2.22. The number of aromatic nitrogens is 3. The van der Waals surface area contributed by atoms with Gasteiger partial charge in [0.15, 0.2) is 5.65 Å². The topological polar surface area (TPSA) is 102 Å². The van der Waals surface area contributed by atoms with Crippen LogP contribution in [0.1, 0.15) is 35.7 Å². The first-order chi connectivity index (χ1) is 16.6. The Morgan fingerprint density at radius 1 is 1.12 bits per heavy atom. The van der Waals surface area contributed by atoms with Crippen LogP contribution in [0.25, 0.3) is 11.0 Å². The average Bonchev–Trinajstić information content (AvgIpc) is 3.30. The lowest BCUT2D eigenvalue weighted by Gasteiger charge is -2.36. The zero-order valence-electron chi connectivity index (χ0n) is 19.7. The summed E-state index contributed by atoms with van der Waals surface area (Å²) < 4.78 is 7.51. The molecule has 34 heavy (non-hydrogen) atoms. The Kier molecular flexibility index (Phi) is 6.64. The quantitative estimate of drug-likeness (QED) is 0.555. The molecule has 2 fully saturated rings. The first-order valence-electron chi connectivity index (χ1n) is 12.2. The van der Waals surface area contributed by atoms with Crippen LogP contribution in [-0.2, 0) is 17.8 Å². The molecule has 5 rings (SSSR count). The number of hydrogen-bond donors (Lipinski definition) is 2. The Balaban J connectivity index is 1.30. The Bertz CT molecular complexity index is 1130. The van der Waals surface area contributed by atoms with Crippen LogP contribution in [-0.4, -0.2) is 71.0 Å². The van der Waals surface area contributed by atoms with E-state index in [1.165, 1.54) is 11.3 Å². The molecule has 0 bridgehead atoms. The molecule has 1 amide bonds. The number of benzene rings is 1. The lowest BCUT2D eigenvalue weighted by molar-refractivity contribution is 0.0904. The molecule has 0 atom stereocenters. The largest absolute Gasteiger partial charge is 0.381 e. The van der Waals surface area contributed by atoms with E-state index in [9.17, 15) is 4.79 Å². The molecule has 2 saturated heterocycles. The van der Waals surface area contributed by atoms with E-state index in [4.69, 9.17) is 15.5 Å². The van der Waals surface area contributed by atoms with E-state index in [-0.39, 0.29) is 0 Å². The van der Waals surface area contributed by atoms with Gasteiger partial charge in [0.2, 0.25) is 5.91 Å². The van der Waals surface area contributed by atoms with E-state index in [0.717, 1.165) is 82.0 Å². The summed E-state index contributed by atoms with van der Waals surface area (Å²) in [6, 6.07) is 7.97. The summed E-state index contributed by atoms with van der Waals surface area (Å²) in [7, 11) is 0. The van der Waals surface area contributed by atoms with E-state index >= 15 is 0 Å². The number of pyridine rings is 1. The third kappa shape index (κ3) is 4.71. The number of ether oxygens (including phenoxy) is 1. The lowest BCUT2D eigenvalue weighted by Crippen LogP contribution is -2.46. The molecule has 0 saturated carbocycles. The maximum absolute atomic E-state index is 11.3. The number of hydrogen-bond acceptors (Lipinski definition) is 7. The molecule has 180 valence electrons. The van der Waals surface area contributed by atoms with Crippen LogP contribution >= 0.6 is 0 Å². The zero-order chi connectivity index (χ0) is 23.5. The van der Waals surface area contributed by atoms with Gasteiger partial charge in [-0.3, -0.25) is 9.69 Å². The van der Waals surface area contributed by atoms with Gasteiger partial charge in [-0.25, -0.2) is 9.67 Å². The van der Waals surface area contributed by atoms with Crippen molar-refractivity contribution in [3.8, 4) is 0 Å². The Hall–Kier alpha value is -3.17. The van der Waals surface area contributed by atoms with Crippen molar-refractivity contribution in [1.82, 2.24) is 19.7 Å². The summed E-state index contributed by atoms with van der Waals surface area (Å²) >= 11 is 0. The Labute approximate surface area is 199 Å². The number of nitrogens with zero attached hydrogens (tertiary/aromatic N) is 5. The highest BCUT2D eigenvalue weighted by molar-refractivity contribution is 5.93. The van der Waals surface area contributed by atoms with Gasteiger partial charge >= 0.3 is 0 Å². The molecule has 0 radical (unpaired) electrons. The zero-order valence-corrected chi connectivity index (χ0v) is 19.7. The molecular weight excluding hydrogens is 430 g/mol. The van der Waals surface area contributed by atoms with E-state index < -0.39 is 5.91 Å². The number of rotatable bonds is 7. The number of nitrogens with one attached hydrogen (secondary N) is 1. The highest BCUT2D eigenvalue weighted by atomic mass is 16.5. The SMILES string of the molecule is CCn1ncc2c(NC3CCOCC3)c(CN3CCN(c4ccc(C(N)=O)cc4)CC3)cnc21. The van der Waals surface area contributed by atoms with Crippen molar-refractivity contribution in [3.63, 3.8) is 0 Å². The molecule has 2 aliphatic heterocycles. The van der Waals surface area contributed by atoms with Crippen LogP contribution < -0.4 is 16.0 Å². The molecule has 3 aromatic rings. The summed E-state index contributed by atoms with van der Waals surface area (Å²) in [5, 5.41) is 9.47. The third-order valence-electron chi connectivity index (χ3n) is 6.90. The fourth-order valence-electron chi connectivity index (χ4n) is 4.88. The summed E-state index contributed by atoms with van der Waals surface area (Å²) in [6.07, 6.45) is 5.99. The summed E-state index contributed by atoms with van der Waals surface area (Å²) in [5.74, 6) is -0.392. The number of anilines is 2. The Morgan fingerprint density at radius 3 is 2.53 bits per heavy atom. The molecule has 9 heteroatoms. The predicted molar refractivity (Wildman–Crippen MR) is 133 cm³/mol. The van der Waals surface area contributed by atoms with Crippen LogP contribution in [0.15, 0.2) is 36.7 Å². The van der Waals surface area contributed by atoms with Crippen molar-refractivity contribution in [2.24, 2.45) is 5.73 Å². The fraction of sp³-hybridized carbons (Fsp3) is 0.480. The number of carbonyl (C=O) groups excluding carboxylic acids is 1. The van der Waals surface area contributed by atoms with Crippen molar-refractivity contribution in [1.29, 1.82) is 0 Å². The minimum Gasteiger partial charge on any atom is -0.381 e. The van der Waals surface area contributed by atoms with Gasteiger partial charge in [-0.1, -0.05) is 0 Å². The molecule has 0 aliphatic carbocycles. The van der Waals surface area contributed by atoms with Gasteiger partial charge in [0.1, 0.15) is 0 Å². The summed E-state index contributed by atoms with van der Waals surface area (Å²) in [5.41, 5.74) is 10.4. The summed E-state index contributed by atoms with van der Waals surface area (Å²) in [4.78, 5) is 21.0. The molecule has 0 spiro atoms. The Morgan fingerprint density at radius 2 is 1.85 bits per heavy atom. The average molecular weight is 464 g/mol. The minimum absolute atomic E-state index is 0.392. The van der Waals surface area contributed by atoms with Crippen molar-refractivity contribution < 1.29 is 9.53 Å². The number of aryl methyl sites for hydroxylation is 1. The van der Waals surface area contributed by atoms with Gasteiger partial charge in [0.25, 0.3) is 0 Å². The van der Waals surface area contributed by atoms with Gasteiger partial charge in [-0.05, 0) is 44.0 Å². The van der Waals surface area contributed by atoms with E-state index in [2.05, 4.69) is 27.1 Å². The molecule has 3 N–H and O–H groups in total. The first-order valence-corrected chi connectivity index (χ1v) is 12.2. The molecule has 9 nitrogen and oxygen atoms in total. The third-order valence-corrected chi connectivity index (χ3v) is 6.90. The van der Waals surface area contributed by atoms with E-state index in [1.54, 1.807) is 12.1 Å². The number of primary amides is 1. The number of carbonyl (C=O) groups is 1. The maximum atomic E-state index is 11.3. The molecule has 2 aromatic heterocycles. The lowest BCUT2D eigenvalue weighted by atomic mass is 10.1. The number of fused-ring (bicyclic) bond motifs is 1. The van der Waals surface area contributed by atoms with Crippen molar-refractivity contribution in [2.75, 3.05) is 49.6 Å². The minimum atomic E-state index is -0.392. The smallest absolute Gasteiger partial charge is 0.248 e. The first kappa shape index (κ1) is 22.6. The van der Waals surface area contributed by atoms with Gasteiger partial charge in [-0.15, -0.1) is 0 Å². The number of amides is 1. The monoisotopic (exact) mass is 463 g/mol. The molecule has 4 heterocycles. The maximum Gasteiger partial charge on any atom is 0.248 e. The van der Waals surface area contributed by atoms with Crippen LogP contribution in [0, 0.1) is 0 Å². The van der Waals surface area contributed by atoms with Crippen molar-refractivity contribution in [3.05, 3.63) is 47.8 Å². The second-order valence-corrected chi connectivity index (χ2v) is 9.06. The van der Waals surface area contributed by atoms with Crippen LogP contribution in [0.4, 0.5) is 11.4 Å². The molecule has 2 aliphatic rings. The molecular formula is C25H33N7O2. The van der Waals surface area contributed by atoms with Gasteiger partial charge in [0.05, 0.1) is 17.3 Å². The van der Waals surface area contributed by atoms with Crippen LogP contribution in [0.2, 0.25) is 0 Å². The van der Waals surface area contributed by atoms with Gasteiger partial charge in [0, 0.05) is 81.5 Å². The van der Waals surface area contributed by atoms with Gasteiger partial charge in [-0.2, -0.15) is 5.10 Å². The van der Waals surface area contributed by atoms with E-state index in [1.807, 2.05) is 29.2 Å². The highest BCUT2D eigenvalue weighted by Crippen LogP contribution is 2.29. The second-order valence-electron chi connectivity index (χ2n) is 9.06. The summed E-state index contributed by atoms with van der Waals surface area (Å²) in [6.45, 7) is 9.13. The molecule has 1 aromatic carbocycles. The standard InChI is InChI=1S/C25H33N7O2/c1-2-32-25-22(16-28-32)23(29-20-7-13-34-14-8-20)19(15-27-25)17-30-9-11-31(12-10-30)21-5-3-18(4-6-21)24(26)33/h3-6,15-16,20H,2,7-14,17H2,1H3,(H2,26,33)(H,27,29). The predicted octanol–water partition coefficient (Wildman–Crippen LogP) is 2.46. The fourth-order valence-corrected chi connectivity index (χ4v) is 4.88. The van der Waals surface area contributed by atoms with Crippen LogP contribution in [0.5, 0.6) is 0 Å². The normalized spacial score (nSPS) is 17.9. The second kappa shape index (κ2) is 9.99. The molecule has 0 unspecified atom stereocenters. The van der Waals surface area contributed by atoms with Gasteiger partial charge < -0.3 is 20.7 Å². The number of nitrogens with two attached hydrogens (primary N) is 1. The van der Waals surface area contributed by atoms with Crippen LogP contribution in [0.3, 0.4) is 0 Å². The van der Waals surface area contributed by atoms with Crippen molar-refractivity contribution in [2.45, 2.75) is 38.9 Å². The van der Waals surface area contributed by atoms with E-state index in [0.29, 0.717) is 11.6 Å². The number of piperazine rings is 1. The van der Waals surface area contributed by atoms with Crippen molar-refractivity contribution >= 4 is 28.3 Å².